The number of hydrogen-bond acceptors (Lipinski definition) is 5. The van der Waals surface area contributed by atoms with Gasteiger partial charge in [-0.2, -0.15) is 0 Å². The lowest BCUT2D eigenvalue weighted by molar-refractivity contribution is -0.117. The van der Waals surface area contributed by atoms with Crippen molar-refractivity contribution in [2.75, 3.05) is 5.32 Å². The summed E-state index contributed by atoms with van der Waals surface area (Å²) in [5.41, 5.74) is 2.08. The number of aryl methyl sites for hydroxylation is 1. The van der Waals surface area contributed by atoms with Crippen molar-refractivity contribution in [3.05, 3.63) is 46.6 Å². The lowest BCUT2D eigenvalue weighted by Crippen LogP contribution is -2.20. The standard InChI is InChI=1S/C19H18N4O3/c1-10-14(8-20-9-16(10)24)13-5-12-7-21-17(22-18(25)11-3-4-11)6-15(12)23(2)19(13)26/h5-9,11,24H,3-4H2,1-2H3,(H,21,22,25). The highest BCUT2D eigenvalue weighted by Gasteiger charge is 2.29. The van der Waals surface area contributed by atoms with E-state index in [-0.39, 0.29) is 23.1 Å². The van der Waals surface area contributed by atoms with Crippen molar-refractivity contribution in [1.29, 1.82) is 0 Å². The highest BCUT2D eigenvalue weighted by atomic mass is 16.3. The van der Waals surface area contributed by atoms with E-state index in [9.17, 15) is 14.7 Å². The van der Waals surface area contributed by atoms with Gasteiger partial charge >= 0.3 is 0 Å². The van der Waals surface area contributed by atoms with Crippen LogP contribution in [0.15, 0.2) is 35.5 Å². The number of carbonyl (C=O) groups excluding carboxylic acids is 1. The molecular weight excluding hydrogens is 332 g/mol. The first-order chi connectivity index (χ1) is 12.5. The smallest absolute Gasteiger partial charge is 0.258 e. The molecule has 0 radical (unpaired) electrons. The van der Waals surface area contributed by atoms with Gasteiger partial charge in [0, 0.05) is 53.5 Å². The molecule has 3 heterocycles. The Hall–Kier alpha value is -3.22. The van der Waals surface area contributed by atoms with Crippen LogP contribution in [-0.4, -0.2) is 25.5 Å². The molecule has 1 aliphatic carbocycles. The molecule has 3 aromatic heterocycles. The van der Waals surface area contributed by atoms with E-state index < -0.39 is 0 Å². The predicted molar refractivity (Wildman–Crippen MR) is 98.0 cm³/mol. The zero-order valence-corrected chi connectivity index (χ0v) is 14.5. The minimum Gasteiger partial charge on any atom is -0.506 e. The molecular formula is C19H18N4O3. The molecule has 1 amide bonds. The number of hydrogen-bond donors (Lipinski definition) is 2. The van der Waals surface area contributed by atoms with Crippen molar-refractivity contribution in [3.63, 3.8) is 0 Å². The van der Waals surface area contributed by atoms with E-state index in [2.05, 4.69) is 15.3 Å². The summed E-state index contributed by atoms with van der Waals surface area (Å²) in [6.07, 6.45) is 6.37. The van der Waals surface area contributed by atoms with E-state index in [4.69, 9.17) is 0 Å². The Kier molecular flexibility index (Phi) is 3.72. The summed E-state index contributed by atoms with van der Waals surface area (Å²) in [5, 5.41) is 13.4. The number of rotatable bonds is 3. The van der Waals surface area contributed by atoms with E-state index in [1.54, 1.807) is 38.5 Å². The maximum Gasteiger partial charge on any atom is 0.258 e. The molecule has 2 N–H and O–H groups in total. The maximum atomic E-state index is 12.8. The first-order valence-electron chi connectivity index (χ1n) is 8.40. The summed E-state index contributed by atoms with van der Waals surface area (Å²) in [6, 6.07) is 3.44. The second-order valence-electron chi connectivity index (χ2n) is 6.65. The summed E-state index contributed by atoms with van der Waals surface area (Å²) >= 11 is 0. The lowest BCUT2D eigenvalue weighted by atomic mass is 10.0. The molecule has 1 aliphatic rings. The van der Waals surface area contributed by atoms with Crippen molar-refractivity contribution >= 4 is 22.6 Å². The lowest BCUT2D eigenvalue weighted by Gasteiger charge is -2.12. The Labute approximate surface area is 149 Å². The number of fused-ring (bicyclic) bond motifs is 1. The highest BCUT2D eigenvalue weighted by Crippen LogP contribution is 2.31. The van der Waals surface area contributed by atoms with Crippen molar-refractivity contribution < 1.29 is 9.90 Å². The molecule has 0 aromatic carbocycles. The van der Waals surface area contributed by atoms with Gasteiger partial charge in [0.05, 0.1) is 11.7 Å². The Bertz CT molecular complexity index is 1100. The number of pyridine rings is 3. The van der Waals surface area contributed by atoms with Crippen LogP contribution in [0.5, 0.6) is 5.75 Å². The van der Waals surface area contributed by atoms with Gasteiger partial charge in [-0.1, -0.05) is 0 Å². The predicted octanol–water partition coefficient (Wildman–Crippen LogP) is 2.36. The van der Waals surface area contributed by atoms with Crippen LogP contribution >= 0.6 is 0 Å². The van der Waals surface area contributed by atoms with Gasteiger partial charge < -0.3 is 15.0 Å². The summed E-state index contributed by atoms with van der Waals surface area (Å²) in [6.45, 7) is 1.74. The first kappa shape index (κ1) is 16.3. The molecule has 3 aromatic rings. The van der Waals surface area contributed by atoms with Gasteiger partial charge in [-0.05, 0) is 25.8 Å². The van der Waals surface area contributed by atoms with Crippen molar-refractivity contribution in [3.8, 4) is 16.9 Å². The van der Waals surface area contributed by atoms with Gasteiger partial charge in [0.15, 0.2) is 0 Å². The van der Waals surface area contributed by atoms with E-state index in [0.717, 1.165) is 18.2 Å². The zero-order valence-electron chi connectivity index (χ0n) is 14.5. The normalized spacial score (nSPS) is 13.8. The summed E-state index contributed by atoms with van der Waals surface area (Å²) < 4.78 is 1.52. The van der Waals surface area contributed by atoms with Crippen LogP contribution in [0.3, 0.4) is 0 Å². The van der Waals surface area contributed by atoms with Gasteiger partial charge in [0.2, 0.25) is 5.91 Å². The van der Waals surface area contributed by atoms with Crippen LogP contribution in [0, 0.1) is 12.8 Å². The van der Waals surface area contributed by atoms with Crippen LogP contribution in [-0.2, 0) is 11.8 Å². The van der Waals surface area contributed by atoms with E-state index >= 15 is 0 Å². The molecule has 0 bridgehead atoms. The van der Waals surface area contributed by atoms with Crippen molar-refractivity contribution in [2.24, 2.45) is 13.0 Å². The fourth-order valence-corrected chi connectivity index (χ4v) is 2.99. The van der Waals surface area contributed by atoms with E-state index in [1.807, 2.05) is 0 Å². The van der Waals surface area contributed by atoms with Gasteiger partial charge in [0.25, 0.3) is 5.56 Å². The minimum absolute atomic E-state index is 0.0278. The molecule has 7 nitrogen and oxygen atoms in total. The Balaban J connectivity index is 1.83. The van der Waals surface area contributed by atoms with E-state index in [1.165, 1.54) is 10.8 Å². The third kappa shape index (κ3) is 2.71. The van der Waals surface area contributed by atoms with E-state index in [0.29, 0.717) is 28.0 Å². The van der Waals surface area contributed by atoms with Crippen LogP contribution in [0.1, 0.15) is 18.4 Å². The highest BCUT2D eigenvalue weighted by molar-refractivity contribution is 5.95. The topological polar surface area (TPSA) is 97.1 Å². The van der Waals surface area contributed by atoms with Crippen LogP contribution in [0.4, 0.5) is 5.82 Å². The molecule has 0 unspecified atom stereocenters. The number of nitrogens with zero attached hydrogens (tertiary/aromatic N) is 3. The van der Waals surface area contributed by atoms with Crippen LogP contribution < -0.4 is 10.9 Å². The molecule has 1 saturated carbocycles. The average Bonchev–Trinajstić information content (AvgIpc) is 3.46. The van der Waals surface area contributed by atoms with Crippen molar-refractivity contribution in [2.45, 2.75) is 19.8 Å². The third-order valence-electron chi connectivity index (χ3n) is 4.79. The SMILES string of the molecule is Cc1c(O)cncc1-c1cc2cnc(NC(=O)C3CC3)cc2n(C)c1=O. The zero-order chi connectivity index (χ0) is 18.4. The van der Waals surface area contributed by atoms with Crippen LogP contribution in [0.25, 0.3) is 22.0 Å². The first-order valence-corrected chi connectivity index (χ1v) is 8.40. The summed E-state index contributed by atoms with van der Waals surface area (Å²) in [5.74, 6) is 0.535. The molecule has 132 valence electrons. The van der Waals surface area contributed by atoms with Gasteiger partial charge in [-0.3, -0.25) is 14.6 Å². The van der Waals surface area contributed by atoms with Crippen molar-refractivity contribution in [1.82, 2.24) is 14.5 Å². The van der Waals surface area contributed by atoms with Gasteiger partial charge in [-0.15, -0.1) is 0 Å². The number of nitrogens with one attached hydrogen (secondary N) is 1. The molecule has 4 rings (SSSR count). The maximum absolute atomic E-state index is 12.8. The molecule has 0 saturated heterocycles. The Morgan fingerprint density at radius 2 is 2.00 bits per heavy atom. The molecule has 1 fully saturated rings. The number of carbonyl (C=O) groups is 1. The number of anilines is 1. The molecule has 0 aliphatic heterocycles. The molecule has 26 heavy (non-hydrogen) atoms. The molecule has 0 spiro atoms. The number of aromatic nitrogens is 3. The fourth-order valence-electron chi connectivity index (χ4n) is 2.99. The fraction of sp³-hybridized carbons (Fsp3) is 0.263. The summed E-state index contributed by atoms with van der Waals surface area (Å²) in [7, 11) is 1.67. The van der Waals surface area contributed by atoms with Gasteiger partial charge in [0.1, 0.15) is 11.6 Å². The largest absolute Gasteiger partial charge is 0.506 e. The second-order valence-corrected chi connectivity index (χ2v) is 6.65. The number of amides is 1. The minimum atomic E-state index is -0.210. The summed E-state index contributed by atoms with van der Waals surface area (Å²) in [4.78, 5) is 33.0. The quantitative estimate of drug-likeness (QED) is 0.756. The second kappa shape index (κ2) is 5.94. The monoisotopic (exact) mass is 350 g/mol. The average molecular weight is 350 g/mol. The number of aromatic hydroxyl groups is 1. The van der Waals surface area contributed by atoms with Gasteiger partial charge in [-0.25, -0.2) is 4.98 Å². The third-order valence-corrected chi connectivity index (χ3v) is 4.79. The Morgan fingerprint density at radius 3 is 2.73 bits per heavy atom. The molecule has 7 heteroatoms. The van der Waals surface area contributed by atoms with Crippen LogP contribution in [0.2, 0.25) is 0 Å². The Morgan fingerprint density at radius 1 is 1.23 bits per heavy atom. The molecule has 0 atom stereocenters.